The van der Waals surface area contributed by atoms with Crippen molar-refractivity contribution in [2.75, 3.05) is 25.9 Å². The molecule has 3 nitrogen and oxygen atoms in total. The summed E-state index contributed by atoms with van der Waals surface area (Å²) in [5, 5.41) is 0. The van der Waals surface area contributed by atoms with Crippen LogP contribution < -0.4 is 0 Å². The van der Waals surface area contributed by atoms with Gasteiger partial charge in [-0.2, -0.15) is 12.6 Å². The molecule has 0 spiro atoms. The van der Waals surface area contributed by atoms with Crippen molar-refractivity contribution in [3.63, 3.8) is 0 Å². The maximum absolute atomic E-state index is 4.57. The number of aromatic nitrogens is 2. The largest absolute Gasteiger partial charge is 0.331 e. The standard InChI is InChI=1S/C14H21N3S/c1-11-15-13-10-12(4-5-14(13)17(11)3)6-7-16(2)8-9-18/h4-5,10,18H,6-9H2,1-3H3. The number of imidazole rings is 1. The minimum atomic E-state index is 0.912. The normalized spacial score (nSPS) is 11.6. The van der Waals surface area contributed by atoms with Gasteiger partial charge in [-0.25, -0.2) is 4.98 Å². The van der Waals surface area contributed by atoms with E-state index in [0.29, 0.717) is 0 Å². The maximum atomic E-state index is 4.57. The first-order valence-electron chi connectivity index (χ1n) is 6.33. The van der Waals surface area contributed by atoms with Gasteiger partial charge in [-0.1, -0.05) is 6.07 Å². The van der Waals surface area contributed by atoms with Crippen molar-refractivity contribution >= 4 is 23.7 Å². The van der Waals surface area contributed by atoms with Crippen LogP contribution in [-0.4, -0.2) is 40.3 Å². The van der Waals surface area contributed by atoms with Crippen molar-refractivity contribution in [2.45, 2.75) is 13.3 Å². The van der Waals surface area contributed by atoms with Crippen LogP contribution in [0.2, 0.25) is 0 Å². The predicted octanol–water partition coefficient (Wildman–Crippen LogP) is 2.29. The summed E-state index contributed by atoms with van der Waals surface area (Å²) in [6.45, 7) is 4.14. The fourth-order valence-electron chi connectivity index (χ4n) is 2.12. The summed E-state index contributed by atoms with van der Waals surface area (Å²) in [5.74, 6) is 1.98. The molecule has 0 amide bonds. The van der Waals surface area contributed by atoms with Crippen molar-refractivity contribution in [2.24, 2.45) is 7.05 Å². The molecule has 0 bridgehead atoms. The van der Waals surface area contributed by atoms with Crippen LogP contribution >= 0.6 is 12.6 Å². The molecule has 0 unspecified atom stereocenters. The van der Waals surface area contributed by atoms with Crippen molar-refractivity contribution < 1.29 is 0 Å². The lowest BCUT2D eigenvalue weighted by molar-refractivity contribution is 0.361. The molecule has 0 aliphatic rings. The molecule has 2 rings (SSSR count). The Morgan fingerprint density at radius 1 is 1.33 bits per heavy atom. The lowest BCUT2D eigenvalue weighted by atomic mass is 10.1. The molecular weight excluding hydrogens is 242 g/mol. The van der Waals surface area contributed by atoms with Gasteiger partial charge in [0.25, 0.3) is 0 Å². The zero-order chi connectivity index (χ0) is 13.1. The number of rotatable bonds is 5. The number of aryl methyl sites for hydroxylation is 2. The Labute approximate surface area is 114 Å². The maximum Gasteiger partial charge on any atom is 0.106 e. The van der Waals surface area contributed by atoms with Gasteiger partial charge < -0.3 is 9.47 Å². The van der Waals surface area contributed by atoms with Crippen molar-refractivity contribution in [3.05, 3.63) is 29.6 Å². The Morgan fingerprint density at radius 2 is 2.11 bits per heavy atom. The van der Waals surface area contributed by atoms with Gasteiger partial charge in [-0.05, 0) is 38.1 Å². The quantitative estimate of drug-likeness (QED) is 0.836. The van der Waals surface area contributed by atoms with Crippen molar-refractivity contribution in [1.29, 1.82) is 0 Å². The van der Waals surface area contributed by atoms with Crippen LogP contribution in [0, 0.1) is 6.92 Å². The molecule has 0 saturated heterocycles. The van der Waals surface area contributed by atoms with Crippen LogP contribution in [0.15, 0.2) is 18.2 Å². The number of benzene rings is 1. The summed E-state index contributed by atoms with van der Waals surface area (Å²) >= 11 is 4.25. The van der Waals surface area contributed by atoms with E-state index in [4.69, 9.17) is 0 Å². The molecule has 0 radical (unpaired) electrons. The summed E-state index contributed by atoms with van der Waals surface area (Å²) in [4.78, 5) is 6.88. The minimum absolute atomic E-state index is 0.912. The number of nitrogens with zero attached hydrogens (tertiary/aromatic N) is 3. The van der Waals surface area contributed by atoms with E-state index < -0.39 is 0 Å². The zero-order valence-corrected chi connectivity index (χ0v) is 12.2. The SMILES string of the molecule is Cc1nc2cc(CCN(C)CCS)ccc2n1C. The van der Waals surface area contributed by atoms with E-state index in [1.807, 2.05) is 6.92 Å². The number of fused-ring (bicyclic) bond motifs is 1. The highest BCUT2D eigenvalue weighted by Gasteiger charge is 2.05. The molecule has 1 heterocycles. The van der Waals surface area contributed by atoms with Gasteiger partial charge in [0, 0.05) is 25.9 Å². The molecule has 98 valence electrons. The number of hydrogen-bond donors (Lipinski definition) is 1. The monoisotopic (exact) mass is 263 g/mol. The van der Waals surface area contributed by atoms with Gasteiger partial charge >= 0.3 is 0 Å². The van der Waals surface area contributed by atoms with Gasteiger partial charge in [0.05, 0.1) is 11.0 Å². The van der Waals surface area contributed by atoms with E-state index in [2.05, 4.69) is 59.4 Å². The van der Waals surface area contributed by atoms with Crippen LogP contribution in [-0.2, 0) is 13.5 Å². The average Bonchev–Trinajstić information content (AvgIpc) is 2.63. The van der Waals surface area contributed by atoms with E-state index in [-0.39, 0.29) is 0 Å². The first-order chi connectivity index (χ1) is 8.61. The third-order valence-corrected chi connectivity index (χ3v) is 3.63. The van der Waals surface area contributed by atoms with E-state index in [1.54, 1.807) is 0 Å². The number of hydrogen-bond acceptors (Lipinski definition) is 3. The van der Waals surface area contributed by atoms with E-state index in [0.717, 1.165) is 36.6 Å². The molecule has 0 saturated carbocycles. The lowest BCUT2D eigenvalue weighted by Gasteiger charge is -2.14. The van der Waals surface area contributed by atoms with E-state index in [1.165, 1.54) is 11.1 Å². The first kappa shape index (κ1) is 13.4. The molecule has 2 aromatic rings. The summed E-state index contributed by atoms with van der Waals surface area (Å²) < 4.78 is 2.13. The Kier molecular flexibility index (Phi) is 4.30. The van der Waals surface area contributed by atoms with E-state index in [9.17, 15) is 0 Å². The van der Waals surface area contributed by atoms with Crippen molar-refractivity contribution in [1.82, 2.24) is 14.5 Å². The van der Waals surface area contributed by atoms with Gasteiger partial charge in [0.15, 0.2) is 0 Å². The topological polar surface area (TPSA) is 21.1 Å². The molecular formula is C14H21N3S. The highest BCUT2D eigenvalue weighted by molar-refractivity contribution is 7.80. The second kappa shape index (κ2) is 5.76. The number of likely N-dealkylation sites (N-methyl/N-ethyl adjacent to an activating group) is 1. The average molecular weight is 263 g/mol. The third-order valence-electron chi connectivity index (χ3n) is 3.43. The van der Waals surface area contributed by atoms with Crippen LogP contribution in [0.25, 0.3) is 11.0 Å². The summed E-state index contributed by atoms with van der Waals surface area (Å²) in [7, 11) is 4.20. The molecule has 1 aromatic heterocycles. The van der Waals surface area contributed by atoms with E-state index >= 15 is 0 Å². The summed E-state index contributed by atoms with van der Waals surface area (Å²) in [5.41, 5.74) is 3.66. The fraction of sp³-hybridized carbons (Fsp3) is 0.500. The van der Waals surface area contributed by atoms with Crippen molar-refractivity contribution in [3.8, 4) is 0 Å². The Balaban J connectivity index is 2.10. The Bertz CT molecular complexity index is 533. The second-order valence-corrected chi connectivity index (χ2v) is 5.27. The molecule has 1 aromatic carbocycles. The minimum Gasteiger partial charge on any atom is -0.331 e. The zero-order valence-electron chi connectivity index (χ0n) is 11.3. The Hall–Kier alpha value is -1.00. The first-order valence-corrected chi connectivity index (χ1v) is 6.96. The molecule has 18 heavy (non-hydrogen) atoms. The van der Waals surface area contributed by atoms with Crippen LogP contribution in [0.3, 0.4) is 0 Å². The highest BCUT2D eigenvalue weighted by atomic mass is 32.1. The van der Waals surface area contributed by atoms with Gasteiger partial charge in [-0.3, -0.25) is 0 Å². The van der Waals surface area contributed by atoms with Gasteiger partial charge in [0.1, 0.15) is 5.82 Å². The smallest absolute Gasteiger partial charge is 0.106 e. The second-order valence-electron chi connectivity index (χ2n) is 4.82. The summed E-state index contributed by atoms with van der Waals surface area (Å²) in [6, 6.07) is 6.58. The molecule has 4 heteroatoms. The predicted molar refractivity (Wildman–Crippen MR) is 80.5 cm³/mol. The lowest BCUT2D eigenvalue weighted by Crippen LogP contribution is -2.23. The molecule has 0 aliphatic heterocycles. The molecule has 0 atom stereocenters. The summed E-state index contributed by atoms with van der Waals surface area (Å²) in [6.07, 6.45) is 1.07. The number of thiol groups is 1. The van der Waals surface area contributed by atoms with Gasteiger partial charge in [-0.15, -0.1) is 0 Å². The third kappa shape index (κ3) is 2.87. The molecule has 0 N–H and O–H groups in total. The highest BCUT2D eigenvalue weighted by Crippen LogP contribution is 2.16. The van der Waals surface area contributed by atoms with Crippen LogP contribution in [0.4, 0.5) is 0 Å². The van der Waals surface area contributed by atoms with Crippen LogP contribution in [0.1, 0.15) is 11.4 Å². The molecule has 0 fully saturated rings. The van der Waals surface area contributed by atoms with Crippen LogP contribution in [0.5, 0.6) is 0 Å². The fourth-order valence-corrected chi connectivity index (χ4v) is 2.47. The van der Waals surface area contributed by atoms with Gasteiger partial charge in [0.2, 0.25) is 0 Å². The Morgan fingerprint density at radius 3 is 2.83 bits per heavy atom. The molecule has 0 aliphatic carbocycles.